The lowest BCUT2D eigenvalue weighted by Crippen LogP contribution is -2.60. The summed E-state index contributed by atoms with van der Waals surface area (Å²) in [6.45, 7) is 13.7. The van der Waals surface area contributed by atoms with E-state index in [-0.39, 0.29) is 37.5 Å². The lowest BCUT2D eigenvalue weighted by Gasteiger charge is -2.41. The molecule has 0 saturated carbocycles. The molecule has 3 saturated heterocycles. The largest absolute Gasteiger partial charge is 0.466 e. The van der Waals surface area contributed by atoms with E-state index in [1.807, 2.05) is 45.9 Å². The number of amides is 2. The van der Waals surface area contributed by atoms with Gasteiger partial charge in [0.05, 0.1) is 37.2 Å². The Morgan fingerprint density at radius 2 is 2.08 bits per heavy atom. The smallest absolute Gasteiger partial charge is 0.312 e. The number of nitrogens with zero attached hydrogens (tertiary/aromatic N) is 2. The molecular formula is C29H40N2O6. The first-order valence-corrected chi connectivity index (χ1v) is 13.4. The number of esters is 1. The Morgan fingerprint density at radius 3 is 2.70 bits per heavy atom. The van der Waals surface area contributed by atoms with Crippen molar-refractivity contribution < 1.29 is 29.0 Å². The van der Waals surface area contributed by atoms with Gasteiger partial charge in [0.15, 0.2) is 0 Å². The number of aliphatic hydroxyl groups excluding tert-OH is 1. The molecule has 0 radical (unpaired) electrons. The van der Waals surface area contributed by atoms with Crippen molar-refractivity contribution in [2.75, 3.05) is 24.7 Å². The standard InChI is InChI=1S/C29H40N2O6/c1-7-14-30(20-15-17(4)10-11-19(20)6)27(34)25-29-13-12-22(37-29)23(28(35)36-9-3)24(29)26(33)31(25)21(16-32)18(5)8-2/h7,10-11,15,18,21-25,32H,1,8-9,12-14,16H2,2-6H3/t18-,21-,22-,23+,24+,25-,29+/m0/s1. The number of aliphatic hydroxyl groups is 1. The van der Waals surface area contributed by atoms with Gasteiger partial charge in [-0.05, 0) is 56.7 Å². The van der Waals surface area contributed by atoms with Crippen LogP contribution < -0.4 is 4.90 Å². The summed E-state index contributed by atoms with van der Waals surface area (Å²) in [5.41, 5.74) is 1.53. The number of hydrogen-bond donors (Lipinski definition) is 1. The fourth-order valence-electron chi connectivity index (χ4n) is 6.64. The number of likely N-dealkylation sites (tertiary alicyclic amines) is 1. The van der Waals surface area contributed by atoms with Crippen molar-refractivity contribution in [1.29, 1.82) is 0 Å². The SMILES string of the molecule is C=CCN(C(=O)[C@@H]1N([C@@H](CO)[C@@H](C)CC)C(=O)[C@H]2[C@H](C(=O)OCC)[C@@H]3CC[C@]12O3)c1cc(C)ccc1C. The molecule has 3 fully saturated rings. The van der Waals surface area contributed by atoms with Crippen LogP contribution in [-0.2, 0) is 23.9 Å². The third-order valence-corrected chi connectivity index (χ3v) is 8.61. The number of rotatable bonds is 10. The zero-order valence-electron chi connectivity index (χ0n) is 22.6. The molecule has 202 valence electrons. The van der Waals surface area contributed by atoms with Crippen LogP contribution in [-0.4, -0.2) is 71.3 Å². The maximum absolute atomic E-state index is 14.6. The molecular weight excluding hydrogens is 472 g/mol. The molecule has 3 aliphatic rings. The molecule has 1 N–H and O–H groups in total. The van der Waals surface area contributed by atoms with Crippen molar-refractivity contribution in [2.45, 2.75) is 77.7 Å². The fourth-order valence-corrected chi connectivity index (χ4v) is 6.64. The number of benzene rings is 1. The van der Waals surface area contributed by atoms with E-state index in [1.54, 1.807) is 22.8 Å². The van der Waals surface area contributed by atoms with Gasteiger partial charge in [-0.15, -0.1) is 6.58 Å². The summed E-state index contributed by atoms with van der Waals surface area (Å²) in [5, 5.41) is 10.5. The fraction of sp³-hybridized carbons (Fsp3) is 0.621. The van der Waals surface area contributed by atoms with Gasteiger partial charge in [0.25, 0.3) is 5.91 Å². The Labute approximate surface area is 219 Å². The van der Waals surface area contributed by atoms with Gasteiger partial charge < -0.3 is 24.4 Å². The number of carbonyl (C=O) groups excluding carboxylic acids is 3. The second kappa shape index (κ2) is 10.6. The van der Waals surface area contributed by atoms with E-state index in [2.05, 4.69) is 6.58 Å². The highest BCUT2D eigenvalue weighted by Gasteiger charge is 2.75. The van der Waals surface area contributed by atoms with Gasteiger partial charge in [-0.3, -0.25) is 14.4 Å². The van der Waals surface area contributed by atoms with Gasteiger partial charge >= 0.3 is 5.97 Å². The number of fused-ring (bicyclic) bond motifs is 1. The van der Waals surface area contributed by atoms with Crippen molar-refractivity contribution in [2.24, 2.45) is 17.8 Å². The third-order valence-electron chi connectivity index (χ3n) is 8.61. The van der Waals surface area contributed by atoms with Gasteiger partial charge in [0.2, 0.25) is 5.91 Å². The van der Waals surface area contributed by atoms with Crippen LogP contribution in [0.5, 0.6) is 0 Å². The Bertz CT molecular complexity index is 1070. The Balaban J connectivity index is 1.86. The van der Waals surface area contributed by atoms with Crippen LogP contribution in [0.4, 0.5) is 5.69 Å². The number of anilines is 1. The summed E-state index contributed by atoms with van der Waals surface area (Å²) in [6, 6.07) is 4.36. The molecule has 1 aromatic rings. The number of hydrogen-bond acceptors (Lipinski definition) is 6. The van der Waals surface area contributed by atoms with Crippen molar-refractivity contribution in [3.8, 4) is 0 Å². The molecule has 8 heteroatoms. The first-order chi connectivity index (χ1) is 17.7. The Morgan fingerprint density at radius 1 is 1.35 bits per heavy atom. The quantitative estimate of drug-likeness (QED) is 0.382. The summed E-state index contributed by atoms with van der Waals surface area (Å²) in [6.07, 6.45) is 2.98. The molecule has 0 aromatic heterocycles. The molecule has 2 bridgehead atoms. The zero-order valence-corrected chi connectivity index (χ0v) is 22.6. The maximum atomic E-state index is 14.6. The van der Waals surface area contributed by atoms with E-state index >= 15 is 0 Å². The number of aryl methyl sites for hydroxylation is 2. The Kier molecular flexibility index (Phi) is 7.81. The minimum absolute atomic E-state index is 0.0636. The molecule has 8 nitrogen and oxygen atoms in total. The van der Waals surface area contributed by atoms with Gasteiger partial charge in [-0.2, -0.15) is 0 Å². The van der Waals surface area contributed by atoms with Gasteiger partial charge in [0, 0.05) is 12.2 Å². The summed E-state index contributed by atoms with van der Waals surface area (Å²) in [7, 11) is 0. The van der Waals surface area contributed by atoms with E-state index in [0.29, 0.717) is 19.3 Å². The van der Waals surface area contributed by atoms with E-state index in [4.69, 9.17) is 9.47 Å². The second-order valence-corrected chi connectivity index (χ2v) is 10.7. The summed E-state index contributed by atoms with van der Waals surface area (Å²) in [5.74, 6) is -2.69. The van der Waals surface area contributed by atoms with Crippen LogP contribution in [0.15, 0.2) is 30.9 Å². The molecule has 1 spiro atoms. The predicted molar refractivity (Wildman–Crippen MR) is 140 cm³/mol. The predicted octanol–water partition coefficient (Wildman–Crippen LogP) is 3.17. The van der Waals surface area contributed by atoms with Crippen molar-refractivity contribution >= 4 is 23.5 Å². The van der Waals surface area contributed by atoms with Crippen LogP contribution in [0.25, 0.3) is 0 Å². The van der Waals surface area contributed by atoms with E-state index in [9.17, 15) is 19.5 Å². The third kappa shape index (κ3) is 4.28. The summed E-state index contributed by atoms with van der Waals surface area (Å²) < 4.78 is 11.9. The van der Waals surface area contributed by atoms with Crippen LogP contribution in [0.3, 0.4) is 0 Å². The topological polar surface area (TPSA) is 96.4 Å². The highest BCUT2D eigenvalue weighted by Crippen LogP contribution is 2.59. The number of carbonyl (C=O) groups is 3. The number of ether oxygens (including phenoxy) is 2. The van der Waals surface area contributed by atoms with Crippen molar-refractivity contribution in [1.82, 2.24) is 4.90 Å². The van der Waals surface area contributed by atoms with Crippen molar-refractivity contribution in [3.05, 3.63) is 42.0 Å². The van der Waals surface area contributed by atoms with Gasteiger partial charge in [-0.1, -0.05) is 38.5 Å². The minimum Gasteiger partial charge on any atom is -0.466 e. The first-order valence-electron chi connectivity index (χ1n) is 13.4. The molecule has 2 amide bonds. The first kappa shape index (κ1) is 27.3. The van der Waals surface area contributed by atoms with E-state index in [1.165, 1.54) is 0 Å². The molecule has 4 rings (SSSR count). The monoisotopic (exact) mass is 512 g/mol. The zero-order chi connectivity index (χ0) is 27.1. The van der Waals surface area contributed by atoms with Crippen LogP contribution in [0.1, 0.15) is 51.2 Å². The Hall–Kier alpha value is -2.71. The summed E-state index contributed by atoms with van der Waals surface area (Å²) in [4.78, 5) is 45.1. The molecule has 37 heavy (non-hydrogen) atoms. The van der Waals surface area contributed by atoms with Crippen LogP contribution in [0, 0.1) is 31.6 Å². The molecule has 7 atom stereocenters. The van der Waals surface area contributed by atoms with Gasteiger partial charge in [-0.25, -0.2) is 0 Å². The molecule has 1 aromatic carbocycles. The minimum atomic E-state index is -1.14. The van der Waals surface area contributed by atoms with Crippen LogP contribution >= 0.6 is 0 Å². The highest BCUT2D eigenvalue weighted by atomic mass is 16.6. The average Bonchev–Trinajstić information content (AvgIpc) is 3.52. The molecule has 0 unspecified atom stereocenters. The normalized spacial score (nSPS) is 29.7. The van der Waals surface area contributed by atoms with Crippen LogP contribution in [0.2, 0.25) is 0 Å². The molecule has 3 aliphatic heterocycles. The van der Waals surface area contributed by atoms with Gasteiger partial charge in [0.1, 0.15) is 11.6 Å². The lowest BCUT2D eigenvalue weighted by atomic mass is 9.70. The lowest BCUT2D eigenvalue weighted by molar-refractivity contribution is -0.155. The average molecular weight is 513 g/mol. The molecule has 0 aliphatic carbocycles. The highest BCUT2D eigenvalue weighted by molar-refractivity contribution is 6.05. The maximum Gasteiger partial charge on any atom is 0.312 e. The second-order valence-electron chi connectivity index (χ2n) is 10.7. The molecule has 3 heterocycles. The van der Waals surface area contributed by atoms with Crippen molar-refractivity contribution in [3.63, 3.8) is 0 Å². The summed E-state index contributed by atoms with van der Waals surface area (Å²) >= 11 is 0. The van der Waals surface area contributed by atoms with E-state index in [0.717, 1.165) is 16.8 Å². The van der Waals surface area contributed by atoms with E-state index < -0.39 is 41.6 Å².